The van der Waals surface area contributed by atoms with Crippen LogP contribution in [0.4, 0.5) is 29.9 Å². The van der Waals surface area contributed by atoms with Gasteiger partial charge < -0.3 is 20.7 Å². The summed E-state index contributed by atoms with van der Waals surface area (Å²) in [6, 6.07) is 1.23. The number of aryl methyl sites for hydroxylation is 2. The number of thiophene rings is 1. The monoisotopic (exact) mass is 578 g/mol. The van der Waals surface area contributed by atoms with Gasteiger partial charge in [0.25, 0.3) is 5.91 Å². The molecule has 3 aromatic rings. The number of hydrogen-bond acceptors (Lipinski definition) is 8. The first-order valence-electron chi connectivity index (χ1n) is 13.3. The highest BCUT2D eigenvalue weighted by Gasteiger charge is 2.37. The molecule has 0 aromatic carbocycles. The van der Waals surface area contributed by atoms with Gasteiger partial charge in [0.15, 0.2) is 0 Å². The average molecular weight is 579 g/mol. The molecule has 40 heavy (non-hydrogen) atoms. The Morgan fingerprint density at radius 3 is 2.77 bits per heavy atom. The minimum atomic E-state index is -2.99. The minimum Gasteiger partial charge on any atom is -0.415 e. The van der Waals surface area contributed by atoms with Crippen LogP contribution in [0.2, 0.25) is 0 Å². The lowest BCUT2D eigenvalue weighted by atomic mass is 9.83. The number of aromatic nitrogens is 5. The second-order valence-electron chi connectivity index (χ2n) is 10.6. The smallest absolute Gasteiger partial charge is 0.388 e. The molecule has 11 nitrogen and oxygen atoms in total. The molecule has 0 radical (unpaired) electrons. The van der Waals surface area contributed by atoms with Crippen LogP contribution in [0.1, 0.15) is 58.9 Å². The fraction of sp³-hybridized carbons (Fsp3) is 0.560. The van der Waals surface area contributed by atoms with E-state index in [0.29, 0.717) is 47.6 Å². The highest BCUT2D eigenvalue weighted by atomic mass is 32.1. The zero-order valence-corrected chi connectivity index (χ0v) is 22.5. The molecule has 3 heterocycles. The van der Waals surface area contributed by atoms with Crippen LogP contribution in [0.5, 0.6) is 5.88 Å². The Hall–Kier alpha value is -3.62. The number of halogens is 3. The normalized spacial score (nSPS) is 22.0. The molecule has 0 aliphatic heterocycles. The fourth-order valence-electron chi connectivity index (χ4n) is 5.18. The molecule has 6 rings (SSSR count). The second kappa shape index (κ2) is 10.7. The van der Waals surface area contributed by atoms with Crippen molar-refractivity contribution in [2.45, 2.75) is 63.8 Å². The number of alkyl halides is 3. The number of carbonyl (C=O) groups excluding carboxylic acids is 2. The van der Waals surface area contributed by atoms with Crippen molar-refractivity contribution in [3.8, 4) is 5.88 Å². The number of fused-ring (bicyclic) bond motifs is 1. The van der Waals surface area contributed by atoms with Gasteiger partial charge in [0.05, 0.1) is 5.56 Å². The van der Waals surface area contributed by atoms with Crippen molar-refractivity contribution in [1.82, 2.24) is 29.9 Å². The third kappa shape index (κ3) is 5.51. The van der Waals surface area contributed by atoms with Crippen LogP contribution < -0.4 is 20.7 Å². The van der Waals surface area contributed by atoms with Crippen LogP contribution in [0, 0.1) is 11.8 Å². The summed E-state index contributed by atoms with van der Waals surface area (Å²) in [6.07, 6.45) is 5.14. The molecule has 3 aromatic heterocycles. The van der Waals surface area contributed by atoms with Gasteiger partial charge in [-0.05, 0) is 56.4 Å². The quantitative estimate of drug-likeness (QED) is 0.332. The Labute approximate surface area is 231 Å². The molecule has 3 aliphatic carbocycles. The molecule has 0 spiro atoms. The predicted octanol–water partition coefficient (Wildman–Crippen LogP) is 3.97. The zero-order valence-electron chi connectivity index (χ0n) is 21.7. The lowest BCUT2D eigenvalue weighted by Gasteiger charge is -2.28. The number of carbonyl (C=O) groups is 2. The average Bonchev–Trinajstić information content (AvgIpc) is 3.33. The number of amides is 2. The molecule has 2 saturated carbocycles. The number of anilines is 3. The summed E-state index contributed by atoms with van der Waals surface area (Å²) >= 11 is 1.41. The molecule has 0 unspecified atom stereocenters. The number of nitrogens with one attached hydrogen (secondary N) is 3. The zero-order chi connectivity index (χ0) is 28.0. The van der Waals surface area contributed by atoms with E-state index in [4.69, 9.17) is 0 Å². The van der Waals surface area contributed by atoms with Gasteiger partial charge in [-0.15, -0.1) is 26.6 Å². The summed E-state index contributed by atoms with van der Waals surface area (Å²) in [5.74, 6) is 0.172. The molecule has 2 amide bonds. The third-order valence-corrected chi connectivity index (χ3v) is 8.88. The van der Waals surface area contributed by atoms with E-state index in [9.17, 15) is 22.8 Å². The molecule has 3 N–H and O–H groups in total. The van der Waals surface area contributed by atoms with E-state index in [2.05, 4.69) is 36.0 Å². The molecule has 15 heteroatoms. The number of rotatable bonds is 10. The van der Waals surface area contributed by atoms with Gasteiger partial charge in [-0.3, -0.25) is 14.2 Å². The van der Waals surface area contributed by atoms with Crippen molar-refractivity contribution in [2.75, 3.05) is 17.2 Å². The van der Waals surface area contributed by atoms with E-state index in [1.165, 1.54) is 22.1 Å². The van der Waals surface area contributed by atoms with Crippen molar-refractivity contribution in [2.24, 2.45) is 18.9 Å². The van der Waals surface area contributed by atoms with E-state index in [0.717, 1.165) is 29.7 Å². The Morgan fingerprint density at radius 1 is 1.25 bits per heavy atom. The molecule has 0 bridgehead atoms. The summed E-state index contributed by atoms with van der Waals surface area (Å²) in [4.78, 5) is 27.2. The van der Waals surface area contributed by atoms with Gasteiger partial charge in [0.2, 0.25) is 17.7 Å². The van der Waals surface area contributed by atoms with Gasteiger partial charge in [0.1, 0.15) is 23.3 Å². The van der Waals surface area contributed by atoms with E-state index in [1.54, 1.807) is 13.4 Å². The Bertz CT molecular complexity index is 1410. The molecular weight excluding hydrogens is 549 g/mol. The van der Waals surface area contributed by atoms with E-state index in [-0.39, 0.29) is 42.5 Å². The third-order valence-electron chi connectivity index (χ3n) is 7.67. The van der Waals surface area contributed by atoms with Gasteiger partial charge in [0, 0.05) is 36.5 Å². The van der Waals surface area contributed by atoms with Crippen LogP contribution in [0.3, 0.4) is 0 Å². The first kappa shape index (κ1) is 26.6. The maximum atomic E-state index is 13.4. The summed E-state index contributed by atoms with van der Waals surface area (Å²) < 4.78 is 46.2. The SMILES string of the molecule is Cn1nc(OC(F)F)cc1Nc1nncn1[C@H]1CCc2sc(NC(=O)[C@H]3C[C@@H](F)C3)c(C(=O)NCC3CC3)c2C1. The van der Waals surface area contributed by atoms with Crippen LogP contribution >= 0.6 is 11.3 Å². The molecule has 1 atom stereocenters. The van der Waals surface area contributed by atoms with Crippen molar-refractivity contribution in [1.29, 1.82) is 0 Å². The topological polar surface area (TPSA) is 128 Å². The molecule has 3 aliphatic rings. The fourth-order valence-corrected chi connectivity index (χ4v) is 6.42. The van der Waals surface area contributed by atoms with Crippen molar-refractivity contribution in [3.63, 3.8) is 0 Å². The Kier molecular flexibility index (Phi) is 7.15. The summed E-state index contributed by atoms with van der Waals surface area (Å²) in [5.41, 5.74) is 1.34. The van der Waals surface area contributed by atoms with Gasteiger partial charge in [-0.25, -0.2) is 9.07 Å². The van der Waals surface area contributed by atoms with Gasteiger partial charge in [-0.2, -0.15) is 8.78 Å². The Balaban J connectivity index is 1.23. The first-order valence-corrected chi connectivity index (χ1v) is 14.1. The van der Waals surface area contributed by atoms with Gasteiger partial charge in [-0.1, -0.05) is 0 Å². The van der Waals surface area contributed by atoms with E-state index < -0.39 is 12.8 Å². The van der Waals surface area contributed by atoms with Crippen LogP contribution in [0.15, 0.2) is 12.4 Å². The lowest BCUT2D eigenvalue weighted by Crippen LogP contribution is -2.36. The Morgan fingerprint density at radius 2 is 2.05 bits per heavy atom. The summed E-state index contributed by atoms with van der Waals surface area (Å²) in [7, 11) is 1.58. The minimum absolute atomic E-state index is 0.109. The van der Waals surface area contributed by atoms with Crippen LogP contribution in [-0.2, 0) is 24.7 Å². The van der Waals surface area contributed by atoms with Crippen LogP contribution in [0.25, 0.3) is 0 Å². The first-order chi connectivity index (χ1) is 19.2. The van der Waals surface area contributed by atoms with Crippen molar-refractivity contribution >= 4 is 39.9 Å². The van der Waals surface area contributed by atoms with E-state index >= 15 is 0 Å². The maximum Gasteiger partial charge on any atom is 0.388 e. The van der Waals surface area contributed by atoms with Crippen LogP contribution in [-0.4, -0.2) is 55.7 Å². The predicted molar refractivity (Wildman–Crippen MR) is 140 cm³/mol. The van der Waals surface area contributed by atoms with Crippen molar-refractivity contribution in [3.05, 3.63) is 28.4 Å². The largest absolute Gasteiger partial charge is 0.415 e. The molecule has 214 valence electrons. The summed E-state index contributed by atoms with van der Waals surface area (Å²) in [5, 5.41) is 21.7. The number of ether oxygens (including phenoxy) is 1. The highest BCUT2D eigenvalue weighted by molar-refractivity contribution is 7.17. The highest BCUT2D eigenvalue weighted by Crippen LogP contribution is 2.43. The number of nitrogens with zero attached hydrogens (tertiary/aromatic N) is 5. The standard InChI is InChI=1S/C25H29F3N8O3S/c1-35-18(9-19(34-35)39-24(27)28)31-25-33-30-11-36(25)15-4-5-17-16(8-15)20(22(38)29-10-12-2-3-12)23(40-17)32-21(37)13-6-14(26)7-13/h9,11-15,24H,2-8,10H2,1H3,(H,29,38)(H,31,33)(H,32,37)/t13-,14+,15-/m0/s1. The lowest BCUT2D eigenvalue weighted by molar-refractivity contribution is -0.124. The molecule has 2 fully saturated rings. The number of hydrogen-bond donors (Lipinski definition) is 3. The van der Waals surface area contributed by atoms with Gasteiger partial charge >= 0.3 is 6.61 Å². The second-order valence-corrected chi connectivity index (χ2v) is 11.7. The van der Waals surface area contributed by atoms with E-state index in [1.807, 2.05) is 4.57 Å². The maximum absolute atomic E-state index is 13.4. The molecule has 0 saturated heterocycles. The summed E-state index contributed by atoms with van der Waals surface area (Å²) in [6.45, 7) is -2.40. The van der Waals surface area contributed by atoms with Crippen molar-refractivity contribution < 1.29 is 27.5 Å². The molecular formula is C25H29F3N8O3S.